The smallest absolute Gasteiger partial charge is 0.224 e. The highest BCUT2D eigenvalue weighted by atomic mass is 32.1. The number of anilines is 1. The molecule has 0 atom stereocenters. The molecule has 5 heteroatoms. The van der Waals surface area contributed by atoms with Gasteiger partial charge in [0.1, 0.15) is 5.82 Å². The van der Waals surface area contributed by atoms with Crippen LogP contribution in [0.4, 0.5) is 5.69 Å². The number of carbonyl (C=O) groups excluding carboxylic acids is 1. The Morgan fingerprint density at radius 2 is 2.08 bits per heavy atom. The van der Waals surface area contributed by atoms with Gasteiger partial charge in [-0.15, -0.1) is 11.3 Å². The average Bonchev–Trinajstić information content (AvgIpc) is 3.32. The number of aryl methyl sites for hydroxylation is 2. The summed E-state index contributed by atoms with van der Waals surface area (Å²) in [5.74, 6) is 1.11. The van der Waals surface area contributed by atoms with E-state index in [-0.39, 0.29) is 5.91 Å². The zero-order valence-electron chi connectivity index (χ0n) is 14.8. The molecule has 1 N–H and O–H groups in total. The molecule has 2 aromatic heterocycles. The van der Waals surface area contributed by atoms with Crippen molar-refractivity contribution in [3.63, 3.8) is 0 Å². The van der Waals surface area contributed by atoms with E-state index in [1.165, 1.54) is 23.4 Å². The minimum Gasteiger partial charge on any atom is -0.328 e. The second kappa shape index (κ2) is 7.87. The van der Waals surface area contributed by atoms with Crippen LogP contribution in [-0.2, 0) is 24.2 Å². The van der Waals surface area contributed by atoms with E-state index in [0.29, 0.717) is 6.42 Å². The zero-order chi connectivity index (χ0) is 17.8. The summed E-state index contributed by atoms with van der Waals surface area (Å²) >= 11 is 1.75. The molecule has 0 radical (unpaired) electrons. The molecule has 3 heterocycles. The van der Waals surface area contributed by atoms with Crippen LogP contribution in [0.15, 0.2) is 48.0 Å². The van der Waals surface area contributed by atoms with Gasteiger partial charge < -0.3 is 9.88 Å². The molecule has 0 aliphatic carbocycles. The van der Waals surface area contributed by atoms with Gasteiger partial charge in [-0.25, -0.2) is 4.98 Å². The molecule has 26 heavy (non-hydrogen) atoms. The van der Waals surface area contributed by atoms with Gasteiger partial charge >= 0.3 is 0 Å². The summed E-state index contributed by atoms with van der Waals surface area (Å²) in [5, 5.41) is 5.07. The summed E-state index contributed by atoms with van der Waals surface area (Å²) in [6.45, 7) is 1.05. The Morgan fingerprint density at radius 1 is 1.19 bits per heavy atom. The topological polar surface area (TPSA) is 46.9 Å². The number of rotatable bonds is 6. The molecule has 0 bridgehead atoms. The van der Waals surface area contributed by atoms with Gasteiger partial charge in [-0.3, -0.25) is 4.79 Å². The number of imidazole rings is 1. The van der Waals surface area contributed by atoms with Crippen LogP contribution in [0.3, 0.4) is 0 Å². The quantitative estimate of drug-likeness (QED) is 0.675. The second-order valence-electron chi connectivity index (χ2n) is 6.74. The summed E-state index contributed by atoms with van der Waals surface area (Å²) in [7, 11) is 0. The second-order valence-corrected chi connectivity index (χ2v) is 7.77. The van der Waals surface area contributed by atoms with Crippen LogP contribution in [0.1, 0.15) is 36.3 Å². The fraction of sp³-hybridized carbons (Fsp3) is 0.333. The van der Waals surface area contributed by atoms with Crippen molar-refractivity contribution in [3.05, 3.63) is 58.5 Å². The summed E-state index contributed by atoms with van der Waals surface area (Å²) < 4.78 is 2.32. The normalized spacial score (nSPS) is 13.4. The average molecular weight is 366 g/mol. The molecule has 1 aromatic carbocycles. The van der Waals surface area contributed by atoms with Gasteiger partial charge in [0, 0.05) is 41.0 Å². The van der Waals surface area contributed by atoms with Gasteiger partial charge in [-0.2, -0.15) is 0 Å². The number of hydrogen-bond donors (Lipinski definition) is 1. The van der Waals surface area contributed by atoms with Crippen molar-refractivity contribution in [2.24, 2.45) is 0 Å². The lowest BCUT2D eigenvalue weighted by molar-refractivity contribution is -0.116. The van der Waals surface area contributed by atoms with Gasteiger partial charge in [0.2, 0.25) is 5.91 Å². The van der Waals surface area contributed by atoms with Crippen molar-refractivity contribution < 1.29 is 4.79 Å². The first-order chi connectivity index (χ1) is 12.8. The van der Waals surface area contributed by atoms with E-state index in [2.05, 4.69) is 32.4 Å². The molecule has 1 aliphatic rings. The molecular weight excluding hydrogens is 342 g/mol. The fourth-order valence-corrected chi connectivity index (χ4v) is 4.22. The molecule has 0 saturated carbocycles. The SMILES string of the molecule is O=C(CCCc1cccs1)Nc1ccc(-c2ncc3n2CCCC3)cc1. The lowest BCUT2D eigenvalue weighted by atomic mass is 10.1. The number of fused-ring (bicyclic) bond motifs is 1. The van der Waals surface area contributed by atoms with Crippen molar-refractivity contribution in [2.45, 2.75) is 45.1 Å². The maximum atomic E-state index is 12.1. The van der Waals surface area contributed by atoms with E-state index in [1.54, 1.807) is 11.3 Å². The van der Waals surface area contributed by atoms with Crippen LogP contribution >= 0.6 is 11.3 Å². The molecule has 0 fully saturated rings. The number of aromatic nitrogens is 2. The maximum Gasteiger partial charge on any atom is 0.224 e. The molecular formula is C21H23N3OS. The van der Waals surface area contributed by atoms with E-state index < -0.39 is 0 Å². The number of benzene rings is 1. The molecule has 0 unspecified atom stereocenters. The van der Waals surface area contributed by atoms with Crippen LogP contribution < -0.4 is 5.32 Å². The largest absolute Gasteiger partial charge is 0.328 e. The Hall–Kier alpha value is -2.40. The van der Waals surface area contributed by atoms with E-state index in [4.69, 9.17) is 0 Å². The van der Waals surface area contributed by atoms with Crippen molar-refractivity contribution in [2.75, 3.05) is 5.32 Å². The molecule has 4 rings (SSSR count). The van der Waals surface area contributed by atoms with Crippen LogP contribution in [-0.4, -0.2) is 15.5 Å². The number of amides is 1. The lowest BCUT2D eigenvalue weighted by Crippen LogP contribution is -2.12. The number of carbonyl (C=O) groups is 1. The predicted molar refractivity (Wildman–Crippen MR) is 106 cm³/mol. The molecule has 3 aromatic rings. The fourth-order valence-electron chi connectivity index (χ4n) is 3.47. The zero-order valence-corrected chi connectivity index (χ0v) is 15.6. The number of nitrogens with zero attached hydrogens (tertiary/aromatic N) is 2. The van der Waals surface area contributed by atoms with Gasteiger partial charge in [0.25, 0.3) is 0 Å². The van der Waals surface area contributed by atoms with E-state index in [9.17, 15) is 4.79 Å². The molecule has 1 amide bonds. The first-order valence-corrected chi connectivity index (χ1v) is 10.1. The summed E-state index contributed by atoms with van der Waals surface area (Å²) in [6.07, 6.45) is 7.98. The molecule has 0 saturated heterocycles. The first kappa shape index (κ1) is 17.0. The number of hydrogen-bond acceptors (Lipinski definition) is 3. The lowest BCUT2D eigenvalue weighted by Gasteiger charge is -2.16. The summed E-state index contributed by atoms with van der Waals surface area (Å²) in [4.78, 5) is 18.1. The minimum absolute atomic E-state index is 0.0764. The molecule has 134 valence electrons. The summed E-state index contributed by atoms with van der Waals surface area (Å²) in [6, 6.07) is 12.2. The molecule has 1 aliphatic heterocycles. The van der Waals surface area contributed by atoms with Crippen molar-refractivity contribution >= 4 is 22.9 Å². The van der Waals surface area contributed by atoms with E-state index in [1.807, 2.05) is 30.5 Å². The third-order valence-corrected chi connectivity index (χ3v) is 5.77. The predicted octanol–water partition coefficient (Wildman–Crippen LogP) is 4.91. The minimum atomic E-state index is 0.0764. The van der Waals surface area contributed by atoms with Crippen LogP contribution in [0.2, 0.25) is 0 Å². The van der Waals surface area contributed by atoms with Crippen LogP contribution in [0.25, 0.3) is 11.4 Å². The molecule has 0 spiro atoms. The highest BCUT2D eigenvalue weighted by Gasteiger charge is 2.15. The number of nitrogens with one attached hydrogen (secondary N) is 1. The highest BCUT2D eigenvalue weighted by molar-refractivity contribution is 7.09. The van der Waals surface area contributed by atoms with Crippen LogP contribution in [0.5, 0.6) is 0 Å². The summed E-state index contributed by atoms with van der Waals surface area (Å²) in [5.41, 5.74) is 3.28. The third kappa shape index (κ3) is 3.88. The van der Waals surface area contributed by atoms with Gasteiger partial charge in [0.15, 0.2) is 0 Å². The van der Waals surface area contributed by atoms with Gasteiger partial charge in [0.05, 0.1) is 0 Å². The first-order valence-electron chi connectivity index (χ1n) is 9.27. The van der Waals surface area contributed by atoms with Crippen molar-refractivity contribution in [1.82, 2.24) is 9.55 Å². The maximum absolute atomic E-state index is 12.1. The Bertz CT molecular complexity index is 865. The van der Waals surface area contributed by atoms with E-state index >= 15 is 0 Å². The standard InChI is InChI=1S/C21H23N3OS/c25-20(8-3-6-19-7-4-14-26-19)23-17-11-9-16(10-12-17)21-22-15-18-5-1-2-13-24(18)21/h4,7,9-12,14-15H,1-3,5-6,8,13H2,(H,23,25). The Labute approximate surface area is 157 Å². The Kier molecular flexibility index (Phi) is 5.16. The Balaban J connectivity index is 1.34. The number of thiophene rings is 1. The van der Waals surface area contributed by atoms with Gasteiger partial charge in [-0.1, -0.05) is 6.07 Å². The van der Waals surface area contributed by atoms with Crippen molar-refractivity contribution in [3.8, 4) is 11.4 Å². The van der Waals surface area contributed by atoms with Crippen LogP contribution in [0, 0.1) is 0 Å². The van der Waals surface area contributed by atoms with Gasteiger partial charge in [-0.05, 0) is 67.8 Å². The Morgan fingerprint density at radius 3 is 2.88 bits per heavy atom. The third-order valence-electron chi connectivity index (χ3n) is 4.84. The van der Waals surface area contributed by atoms with E-state index in [0.717, 1.165) is 42.9 Å². The highest BCUT2D eigenvalue weighted by Crippen LogP contribution is 2.25. The monoisotopic (exact) mass is 365 g/mol. The molecule has 4 nitrogen and oxygen atoms in total. The van der Waals surface area contributed by atoms with Crippen molar-refractivity contribution in [1.29, 1.82) is 0 Å².